The summed E-state index contributed by atoms with van der Waals surface area (Å²) < 4.78 is 55.4. The molecule has 5 heteroatoms. The summed E-state index contributed by atoms with van der Waals surface area (Å²) in [6, 6.07) is 15.9. The Kier molecular flexibility index (Phi) is 9.54. The average Bonchev–Trinajstić information content (AvgIpc) is 2.91. The smallest absolute Gasteiger partial charge is 0.201 e. The molecule has 37 heavy (non-hydrogen) atoms. The Morgan fingerprint density at radius 1 is 0.784 bits per heavy atom. The second kappa shape index (κ2) is 13.0. The molecule has 0 heterocycles. The third kappa shape index (κ3) is 6.88. The van der Waals surface area contributed by atoms with Gasteiger partial charge in [0, 0.05) is 11.6 Å². The lowest BCUT2D eigenvalue weighted by Gasteiger charge is -2.29. The minimum atomic E-state index is -0.949. The molecule has 0 unspecified atom stereocenters. The fraction of sp³-hybridized carbons (Fsp3) is 0.438. The van der Waals surface area contributed by atoms with Gasteiger partial charge in [-0.25, -0.2) is 8.78 Å². The lowest BCUT2D eigenvalue weighted by atomic mass is 9.79. The molecule has 1 fully saturated rings. The predicted molar refractivity (Wildman–Crippen MR) is 143 cm³/mol. The molecule has 0 saturated heterocycles. The van der Waals surface area contributed by atoms with Crippen LogP contribution in [-0.4, -0.2) is 13.2 Å². The molecule has 3 aromatic carbocycles. The molecule has 0 aliphatic heterocycles. The lowest BCUT2D eigenvalue weighted by Crippen LogP contribution is -2.20. The maximum absolute atomic E-state index is 14.9. The number of ether oxygens (including phenoxy) is 2. The first-order valence-electron chi connectivity index (χ1n) is 13.6. The van der Waals surface area contributed by atoms with E-state index in [1.807, 2.05) is 43.3 Å². The normalized spacial score (nSPS) is 17.5. The van der Waals surface area contributed by atoms with Crippen LogP contribution >= 0.6 is 0 Å². The van der Waals surface area contributed by atoms with Crippen LogP contribution in [0.25, 0.3) is 11.1 Å². The van der Waals surface area contributed by atoms with Gasteiger partial charge in [0.05, 0.1) is 13.2 Å². The molecular formula is C32H37F3O2. The van der Waals surface area contributed by atoms with E-state index < -0.39 is 11.6 Å². The van der Waals surface area contributed by atoms with Crippen LogP contribution in [-0.2, 0) is 6.42 Å². The summed E-state index contributed by atoms with van der Waals surface area (Å²) in [6.45, 7) is 4.87. The molecular weight excluding hydrogens is 473 g/mol. The van der Waals surface area contributed by atoms with E-state index in [9.17, 15) is 13.2 Å². The molecule has 1 aliphatic rings. The Morgan fingerprint density at radius 2 is 1.54 bits per heavy atom. The molecule has 0 N–H and O–H groups in total. The van der Waals surface area contributed by atoms with E-state index in [-0.39, 0.29) is 29.0 Å². The van der Waals surface area contributed by atoms with Crippen molar-refractivity contribution in [3.63, 3.8) is 0 Å². The minimum Gasteiger partial charge on any atom is -0.494 e. The number of benzene rings is 3. The molecule has 0 spiro atoms. The number of hydrogen-bond acceptors (Lipinski definition) is 2. The fourth-order valence-electron chi connectivity index (χ4n) is 5.24. The van der Waals surface area contributed by atoms with Gasteiger partial charge in [-0.15, -0.1) is 0 Å². The van der Waals surface area contributed by atoms with Gasteiger partial charge in [0.25, 0.3) is 0 Å². The number of aryl methyl sites for hydroxylation is 1. The molecule has 0 bridgehead atoms. The van der Waals surface area contributed by atoms with E-state index in [0.717, 1.165) is 44.1 Å². The highest BCUT2D eigenvalue weighted by atomic mass is 19.2. The summed E-state index contributed by atoms with van der Waals surface area (Å²) in [6.07, 6.45) is 7.86. The number of unbranched alkanes of at least 4 members (excludes halogenated alkanes) is 2. The maximum atomic E-state index is 14.9. The Hall–Kier alpha value is -2.95. The summed E-state index contributed by atoms with van der Waals surface area (Å²) in [5.74, 6) is -1.19. The van der Waals surface area contributed by atoms with Crippen molar-refractivity contribution >= 4 is 0 Å². The SMILES string of the molecule is CCCCCc1ccc(-c2ccc(OCC3CCC(c4ccc(OCC)cc4F)CC3)c(F)c2F)cc1. The molecule has 0 amide bonds. The van der Waals surface area contributed by atoms with Gasteiger partial charge < -0.3 is 9.47 Å². The van der Waals surface area contributed by atoms with Gasteiger partial charge in [0.15, 0.2) is 11.6 Å². The van der Waals surface area contributed by atoms with Crippen LogP contribution in [0.15, 0.2) is 54.6 Å². The van der Waals surface area contributed by atoms with Crippen LogP contribution in [0.3, 0.4) is 0 Å². The second-order valence-electron chi connectivity index (χ2n) is 10.0. The zero-order valence-electron chi connectivity index (χ0n) is 21.9. The van der Waals surface area contributed by atoms with Crippen molar-refractivity contribution in [3.05, 3.63) is 83.2 Å². The van der Waals surface area contributed by atoms with Gasteiger partial charge in [0.2, 0.25) is 5.82 Å². The van der Waals surface area contributed by atoms with Crippen molar-refractivity contribution in [1.29, 1.82) is 0 Å². The molecule has 0 atom stereocenters. The van der Waals surface area contributed by atoms with Crippen molar-refractivity contribution in [3.8, 4) is 22.6 Å². The Balaban J connectivity index is 1.31. The number of halogens is 3. The molecule has 2 nitrogen and oxygen atoms in total. The summed E-state index contributed by atoms with van der Waals surface area (Å²) in [4.78, 5) is 0. The summed E-state index contributed by atoms with van der Waals surface area (Å²) in [5, 5.41) is 0. The van der Waals surface area contributed by atoms with Gasteiger partial charge in [-0.3, -0.25) is 0 Å². The first-order valence-corrected chi connectivity index (χ1v) is 13.6. The zero-order valence-corrected chi connectivity index (χ0v) is 21.9. The highest BCUT2D eigenvalue weighted by Gasteiger charge is 2.26. The van der Waals surface area contributed by atoms with Crippen LogP contribution in [0.5, 0.6) is 11.5 Å². The first-order chi connectivity index (χ1) is 18.0. The average molecular weight is 511 g/mol. The van der Waals surface area contributed by atoms with Crippen LogP contribution in [0.4, 0.5) is 13.2 Å². The van der Waals surface area contributed by atoms with E-state index in [1.54, 1.807) is 6.07 Å². The summed E-state index contributed by atoms with van der Waals surface area (Å²) in [5.41, 5.74) is 2.82. The van der Waals surface area contributed by atoms with E-state index in [4.69, 9.17) is 9.47 Å². The molecule has 1 saturated carbocycles. The van der Waals surface area contributed by atoms with Gasteiger partial charge in [-0.1, -0.05) is 50.1 Å². The third-order valence-corrected chi connectivity index (χ3v) is 7.42. The van der Waals surface area contributed by atoms with Crippen LogP contribution < -0.4 is 9.47 Å². The van der Waals surface area contributed by atoms with Crippen LogP contribution in [0.2, 0.25) is 0 Å². The van der Waals surface area contributed by atoms with E-state index >= 15 is 0 Å². The largest absolute Gasteiger partial charge is 0.494 e. The topological polar surface area (TPSA) is 18.5 Å². The Bertz CT molecular complexity index is 1150. The monoisotopic (exact) mass is 510 g/mol. The first kappa shape index (κ1) is 27.1. The number of hydrogen-bond donors (Lipinski definition) is 0. The minimum absolute atomic E-state index is 0.0582. The highest BCUT2D eigenvalue weighted by molar-refractivity contribution is 5.65. The molecule has 3 aromatic rings. The fourth-order valence-corrected chi connectivity index (χ4v) is 5.24. The third-order valence-electron chi connectivity index (χ3n) is 7.42. The maximum Gasteiger partial charge on any atom is 0.201 e. The van der Waals surface area contributed by atoms with E-state index in [1.165, 1.54) is 30.5 Å². The molecule has 0 radical (unpaired) electrons. The standard InChI is InChI=1S/C32H37F3O2/c1-3-5-6-7-22-8-12-25(13-9-22)28-18-19-30(32(35)31(28)34)37-21-23-10-14-24(15-11-23)27-17-16-26(36-4-2)20-29(27)33/h8-9,12-13,16-20,23-24H,3-7,10-11,14-15,21H2,1-2H3. The number of rotatable bonds is 11. The van der Waals surface area contributed by atoms with Gasteiger partial charge in [-0.2, -0.15) is 4.39 Å². The van der Waals surface area contributed by atoms with Gasteiger partial charge in [0.1, 0.15) is 11.6 Å². The quantitative estimate of drug-likeness (QED) is 0.239. The van der Waals surface area contributed by atoms with E-state index in [2.05, 4.69) is 6.92 Å². The van der Waals surface area contributed by atoms with Crippen LogP contribution in [0.1, 0.15) is 75.8 Å². The Labute approximate surface area is 218 Å². The second-order valence-corrected chi connectivity index (χ2v) is 10.0. The van der Waals surface area contributed by atoms with Crippen LogP contribution in [0, 0.1) is 23.4 Å². The molecule has 198 valence electrons. The van der Waals surface area contributed by atoms with Crippen molar-refractivity contribution < 1.29 is 22.6 Å². The summed E-state index contributed by atoms with van der Waals surface area (Å²) >= 11 is 0. The molecule has 4 rings (SSSR count). The molecule has 1 aliphatic carbocycles. The summed E-state index contributed by atoms with van der Waals surface area (Å²) in [7, 11) is 0. The molecule has 0 aromatic heterocycles. The van der Waals surface area contributed by atoms with Crippen molar-refractivity contribution in [1.82, 2.24) is 0 Å². The Morgan fingerprint density at radius 3 is 2.22 bits per heavy atom. The predicted octanol–water partition coefficient (Wildman–Crippen LogP) is 9.26. The lowest BCUT2D eigenvalue weighted by molar-refractivity contribution is 0.192. The van der Waals surface area contributed by atoms with E-state index in [0.29, 0.717) is 24.5 Å². The zero-order chi connectivity index (χ0) is 26.2. The van der Waals surface area contributed by atoms with Gasteiger partial charge in [-0.05, 0) is 92.2 Å². The van der Waals surface area contributed by atoms with Crippen molar-refractivity contribution in [2.75, 3.05) is 13.2 Å². The van der Waals surface area contributed by atoms with Crippen molar-refractivity contribution in [2.45, 2.75) is 71.1 Å². The van der Waals surface area contributed by atoms with Crippen molar-refractivity contribution in [2.24, 2.45) is 5.92 Å². The highest BCUT2D eigenvalue weighted by Crippen LogP contribution is 2.38. The van der Waals surface area contributed by atoms with Gasteiger partial charge >= 0.3 is 0 Å².